The molecule has 0 saturated heterocycles. The summed E-state index contributed by atoms with van der Waals surface area (Å²) in [5.41, 5.74) is 0.673. The molecule has 240 valence electrons. The van der Waals surface area contributed by atoms with Crippen LogP contribution in [-0.4, -0.2) is 80.7 Å². The fraction of sp³-hybridized carbons (Fsp3) is 0.286. The molecule has 2 aromatic heterocycles. The highest BCUT2D eigenvalue weighted by Crippen LogP contribution is 2.35. The van der Waals surface area contributed by atoms with E-state index >= 15 is 0 Å². The second-order valence-electron chi connectivity index (χ2n) is 9.58. The first-order valence-corrected chi connectivity index (χ1v) is 15.1. The summed E-state index contributed by atoms with van der Waals surface area (Å²) in [5, 5.41) is 12.9. The number of aromatic amines is 1. The zero-order valence-electron chi connectivity index (χ0n) is 24.2. The Hall–Kier alpha value is -4.47. The molecule has 0 aliphatic heterocycles. The third-order valence-corrected chi connectivity index (χ3v) is 6.75. The van der Waals surface area contributed by atoms with Crippen LogP contribution in [0, 0.1) is 11.6 Å². The Morgan fingerprint density at radius 1 is 1.16 bits per heavy atom. The number of H-pyrrole nitrogens is 1. The molecule has 2 heterocycles. The number of nitrogens with zero attached hydrogens (tertiary/aromatic N) is 4. The lowest BCUT2D eigenvalue weighted by Gasteiger charge is -2.20. The standard InChI is InChI=1S/C28H32F2N7O7P/c1-3-10-37(12-14-44-45(39,40)41)11-5-13-43-19-8-9-20-23(17-19)32-28(42-2)34-27(20)33-24-15-18(35-36-24)16-25(38)31-22-7-4-6-21(29)26(22)30/h3-4,6-9,15,17H,1,5,10-14,16H2,2H3,(H,31,38)(H2,39,40,41)(H2,32,33,34,35,36). The van der Waals surface area contributed by atoms with Crippen molar-refractivity contribution in [3.63, 3.8) is 0 Å². The summed E-state index contributed by atoms with van der Waals surface area (Å²) < 4.78 is 53.9. The van der Waals surface area contributed by atoms with Crippen molar-refractivity contribution in [2.45, 2.75) is 12.8 Å². The van der Waals surface area contributed by atoms with Gasteiger partial charge in [-0.2, -0.15) is 15.1 Å². The number of nitrogens with one attached hydrogen (secondary N) is 3. The molecule has 0 aliphatic rings. The lowest BCUT2D eigenvalue weighted by molar-refractivity contribution is -0.115. The Bertz CT molecular complexity index is 1680. The van der Waals surface area contributed by atoms with E-state index in [4.69, 9.17) is 19.3 Å². The van der Waals surface area contributed by atoms with E-state index in [2.05, 4.69) is 41.9 Å². The van der Waals surface area contributed by atoms with Crippen LogP contribution in [0.1, 0.15) is 12.1 Å². The van der Waals surface area contributed by atoms with Crippen molar-refractivity contribution in [1.29, 1.82) is 0 Å². The van der Waals surface area contributed by atoms with Gasteiger partial charge >= 0.3 is 13.8 Å². The molecule has 4 aromatic rings. The summed E-state index contributed by atoms with van der Waals surface area (Å²) >= 11 is 0. The minimum absolute atomic E-state index is 0.0898. The Labute approximate surface area is 256 Å². The molecule has 0 saturated carbocycles. The van der Waals surface area contributed by atoms with Crippen molar-refractivity contribution in [1.82, 2.24) is 25.1 Å². The van der Waals surface area contributed by atoms with Gasteiger partial charge in [-0.15, -0.1) is 6.58 Å². The van der Waals surface area contributed by atoms with Crippen molar-refractivity contribution in [3.8, 4) is 11.8 Å². The molecule has 1 amide bonds. The highest BCUT2D eigenvalue weighted by Gasteiger charge is 2.16. The Kier molecular flexibility index (Phi) is 11.5. The second-order valence-corrected chi connectivity index (χ2v) is 10.8. The number of hydrogen-bond acceptors (Lipinski definition) is 10. The number of halogens is 2. The van der Waals surface area contributed by atoms with Crippen LogP contribution in [0.5, 0.6) is 11.8 Å². The van der Waals surface area contributed by atoms with Crippen molar-refractivity contribution in [2.24, 2.45) is 0 Å². The molecule has 0 unspecified atom stereocenters. The molecule has 0 aliphatic carbocycles. The second kappa shape index (κ2) is 15.5. The largest absolute Gasteiger partial charge is 0.493 e. The smallest absolute Gasteiger partial charge is 0.469 e. The quantitative estimate of drug-likeness (QED) is 0.0633. The predicted octanol–water partition coefficient (Wildman–Crippen LogP) is 3.93. The molecule has 14 nitrogen and oxygen atoms in total. The van der Waals surface area contributed by atoms with Gasteiger partial charge in [-0.05, 0) is 30.7 Å². The van der Waals surface area contributed by atoms with Crippen molar-refractivity contribution in [3.05, 3.63) is 72.4 Å². The topological polar surface area (TPSA) is 184 Å². The van der Waals surface area contributed by atoms with Gasteiger partial charge in [0.05, 0.1) is 37.9 Å². The minimum atomic E-state index is -4.52. The summed E-state index contributed by atoms with van der Waals surface area (Å²) in [6.45, 7) is 5.37. The average Bonchev–Trinajstić information content (AvgIpc) is 3.42. The number of ether oxygens (including phenoxy) is 2. The number of aromatic nitrogens is 4. The number of fused-ring (bicyclic) bond motifs is 1. The zero-order valence-corrected chi connectivity index (χ0v) is 25.1. The maximum atomic E-state index is 13.9. The number of hydrogen-bond donors (Lipinski definition) is 5. The van der Waals surface area contributed by atoms with Crippen LogP contribution in [0.15, 0.2) is 55.1 Å². The van der Waals surface area contributed by atoms with Crippen molar-refractivity contribution >= 4 is 42.0 Å². The molecule has 0 bridgehead atoms. The van der Waals surface area contributed by atoms with Crippen LogP contribution in [0.2, 0.25) is 0 Å². The van der Waals surface area contributed by atoms with E-state index in [9.17, 15) is 18.1 Å². The van der Waals surface area contributed by atoms with Gasteiger partial charge in [0.25, 0.3) is 0 Å². The first-order chi connectivity index (χ1) is 21.5. The number of anilines is 3. The van der Waals surface area contributed by atoms with E-state index in [0.29, 0.717) is 66.6 Å². The molecule has 0 radical (unpaired) electrons. The van der Waals surface area contributed by atoms with Gasteiger partial charge < -0.3 is 29.9 Å². The SMILES string of the molecule is C=CCN(CCCOc1ccc2c(Nc3cc(CC(=O)Nc4cccc(F)c4F)[nH]n3)nc(OC)nc2c1)CCOP(=O)(O)O. The van der Waals surface area contributed by atoms with Crippen molar-refractivity contribution < 1.29 is 41.9 Å². The summed E-state index contributed by atoms with van der Waals surface area (Å²) in [6, 6.07) is 10.4. The summed E-state index contributed by atoms with van der Waals surface area (Å²) in [4.78, 5) is 40.8. The molecule has 45 heavy (non-hydrogen) atoms. The van der Waals surface area contributed by atoms with E-state index in [1.165, 1.54) is 19.2 Å². The van der Waals surface area contributed by atoms with Crippen LogP contribution >= 0.6 is 7.82 Å². The Morgan fingerprint density at radius 2 is 1.98 bits per heavy atom. The molecule has 4 rings (SSSR count). The number of amides is 1. The maximum absolute atomic E-state index is 13.9. The minimum Gasteiger partial charge on any atom is -0.493 e. The monoisotopic (exact) mass is 647 g/mol. The van der Waals surface area contributed by atoms with Crippen LogP contribution < -0.4 is 20.1 Å². The van der Waals surface area contributed by atoms with Gasteiger partial charge in [-0.25, -0.2) is 13.3 Å². The van der Waals surface area contributed by atoms with Crippen molar-refractivity contribution in [2.75, 3.05) is 50.6 Å². The number of carbonyl (C=O) groups is 1. The first-order valence-electron chi connectivity index (χ1n) is 13.6. The number of phosphoric acid groups is 1. The van der Waals surface area contributed by atoms with Gasteiger partial charge in [0.1, 0.15) is 11.6 Å². The molecule has 0 spiro atoms. The highest BCUT2D eigenvalue weighted by molar-refractivity contribution is 7.46. The number of carbonyl (C=O) groups excluding carboxylic acids is 1. The average molecular weight is 648 g/mol. The first kappa shape index (κ1) is 33.4. The maximum Gasteiger partial charge on any atom is 0.469 e. The van der Waals surface area contributed by atoms with E-state index < -0.39 is 25.4 Å². The number of benzene rings is 2. The molecule has 2 aromatic carbocycles. The van der Waals surface area contributed by atoms with E-state index in [1.54, 1.807) is 30.3 Å². The number of phosphoric ester groups is 1. The highest BCUT2D eigenvalue weighted by atomic mass is 31.2. The lowest BCUT2D eigenvalue weighted by Crippen LogP contribution is -2.29. The van der Waals surface area contributed by atoms with Gasteiger partial charge in [-0.3, -0.25) is 19.3 Å². The van der Waals surface area contributed by atoms with Gasteiger partial charge in [0.15, 0.2) is 17.5 Å². The van der Waals surface area contributed by atoms with Gasteiger partial charge in [0, 0.05) is 42.8 Å². The summed E-state index contributed by atoms with van der Waals surface area (Å²) in [6.07, 6.45) is 2.14. The third kappa shape index (κ3) is 10.0. The summed E-state index contributed by atoms with van der Waals surface area (Å²) in [7, 11) is -3.09. The molecule has 0 atom stereocenters. The van der Waals surface area contributed by atoms with Gasteiger partial charge in [0.2, 0.25) is 5.91 Å². The number of rotatable bonds is 17. The Balaban J connectivity index is 1.36. The molecular formula is C28H32F2N7O7P. The van der Waals surface area contributed by atoms with Crippen LogP contribution in [-0.2, 0) is 20.3 Å². The number of methoxy groups -OCH3 is 1. The van der Waals surface area contributed by atoms with E-state index in [1.807, 2.05) is 4.90 Å². The molecule has 17 heteroatoms. The van der Waals surface area contributed by atoms with Crippen LogP contribution in [0.25, 0.3) is 10.9 Å². The Morgan fingerprint density at radius 3 is 2.73 bits per heavy atom. The normalized spacial score (nSPS) is 11.5. The lowest BCUT2D eigenvalue weighted by atomic mass is 10.2. The van der Waals surface area contributed by atoms with Crippen LogP contribution in [0.4, 0.5) is 26.1 Å². The molecular weight excluding hydrogens is 615 g/mol. The predicted molar refractivity (Wildman–Crippen MR) is 161 cm³/mol. The zero-order chi connectivity index (χ0) is 32.4. The molecule has 5 N–H and O–H groups in total. The van der Waals surface area contributed by atoms with E-state index in [0.717, 1.165) is 6.07 Å². The molecule has 0 fully saturated rings. The summed E-state index contributed by atoms with van der Waals surface area (Å²) in [5.74, 6) is -1.51. The van der Waals surface area contributed by atoms with Crippen LogP contribution in [0.3, 0.4) is 0 Å². The fourth-order valence-corrected chi connectivity index (χ4v) is 4.53. The fourth-order valence-electron chi connectivity index (χ4n) is 4.21. The van der Waals surface area contributed by atoms with E-state index in [-0.39, 0.29) is 24.7 Å². The third-order valence-electron chi connectivity index (χ3n) is 6.23. The van der Waals surface area contributed by atoms with Gasteiger partial charge in [-0.1, -0.05) is 12.1 Å².